The minimum Gasteiger partial charge on any atom is -0.378 e. The maximum absolute atomic E-state index is 12.6. The van der Waals surface area contributed by atoms with Crippen molar-refractivity contribution in [3.05, 3.63) is 21.9 Å². The number of amides is 2. The molecule has 0 radical (unpaired) electrons. The third-order valence-electron chi connectivity index (χ3n) is 3.64. The van der Waals surface area contributed by atoms with Gasteiger partial charge >= 0.3 is 0 Å². The molecule has 1 aliphatic heterocycles. The summed E-state index contributed by atoms with van der Waals surface area (Å²) in [5.74, 6) is -0.146. The van der Waals surface area contributed by atoms with Gasteiger partial charge in [0.15, 0.2) is 0 Å². The summed E-state index contributed by atoms with van der Waals surface area (Å²) in [7, 11) is 0. The van der Waals surface area contributed by atoms with Crippen molar-refractivity contribution in [2.75, 3.05) is 26.3 Å². The molecule has 1 fully saturated rings. The molecule has 0 aromatic carbocycles. The van der Waals surface area contributed by atoms with E-state index in [1.807, 2.05) is 31.5 Å². The number of thiophene rings is 1. The lowest BCUT2D eigenvalue weighted by molar-refractivity contribution is -0.138. The van der Waals surface area contributed by atoms with Gasteiger partial charge in [-0.2, -0.15) is 11.3 Å². The molecule has 5 nitrogen and oxygen atoms in total. The van der Waals surface area contributed by atoms with Crippen molar-refractivity contribution >= 4 is 23.2 Å². The van der Waals surface area contributed by atoms with Gasteiger partial charge < -0.3 is 15.0 Å². The minimum absolute atomic E-state index is 0.0190. The van der Waals surface area contributed by atoms with Crippen molar-refractivity contribution < 1.29 is 14.3 Å². The topological polar surface area (TPSA) is 58.6 Å². The van der Waals surface area contributed by atoms with Crippen LogP contribution in [-0.2, 0) is 9.53 Å². The molecular weight excluding hydrogens is 288 g/mol. The number of nitrogens with zero attached hydrogens (tertiary/aromatic N) is 1. The van der Waals surface area contributed by atoms with Gasteiger partial charge in [-0.3, -0.25) is 9.59 Å². The summed E-state index contributed by atoms with van der Waals surface area (Å²) in [6.07, 6.45) is 0. The molecule has 0 unspecified atom stereocenters. The summed E-state index contributed by atoms with van der Waals surface area (Å²) in [6, 6.07) is -0.491. The Kier molecular flexibility index (Phi) is 5.36. The number of hydrogen-bond donors (Lipinski definition) is 1. The van der Waals surface area contributed by atoms with E-state index in [-0.39, 0.29) is 17.7 Å². The van der Waals surface area contributed by atoms with Gasteiger partial charge in [0.25, 0.3) is 5.91 Å². The molecule has 1 aromatic rings. The van der Waals surface area contributed by atoms with E-state index < -0.39 is 6.04 Å². The monoisotopic (exact) mass is 310 g/mol. The highest BCUT2D eigenvalue weighted by Crippen LogP contribution is 2.15. The van der Waals surface area contributed by atoms with Crippen molar-refractivity contribution in [2.45, 2.75) is 26.8 Å². The first-order valence-corrected chi connectivity index (χ1v) is 8.15. The molecule has 0 spiro atoms. The van der Waals surface area contributed by atoms with Crippen LogP contribution in [0, 0.1) is 12.8 Å². The van der Waals surface area contributed by atoms with Crippen LogP contribution in [0.15, 0.2) is 10.8 Å². The molecule has 1 aromatic heterocycles. The Hall–Kier alpha value is -1.40. The summed E-state index contributed by atoms with van der Waals surface area (Å²) in [5.41, 5.74) is 1.60. The van der Waals surface area contributed by atoms with E-state index in [1.54, 1.807) is 4.90 Å². The largest absolute Gasteiger partial charge is 0.378 e. The van der Waals surface area contributed by atoms with Gasteiger partial charge in [-0.25, -0.2) is 0 Å². The maximum Gasteiger partial charge on any atom is 0.253 e. The molecule has 0 saturated carbocycles. The summed E-state index contributed by atoms with van der Waals surface area (Å²) in [5, 5.41) is 6.65. The molecule has 21 heavy (non-hydrogen) atoms. The Morgan fingerprint density at radius 2 is 1.95 bits per heavy atom. The molecule has 1 N–H and O–H groups in total. The first-order valence-electron chi connectivity index (χ1n) is 7.21. The standard InChI is InChI=1S/C15H22N2O3S/c1-10(2)13(15(19)17-4-6-20-7-5-17)16-14(18)12-9-21-8-11(12)3/h8-10,13H,4-7H2,1-3H3,(H,16,18)/t13-/m0/s1. The van der Waals surface area contributed by atoms with Crippen LogP contribution in [0.25, 0.3) is 0 Å². The van der Waals surface area contributed by atoms with Gasteiger partial charge in [0.1, 0.15) is 6.04 Å². The summed E-state index contributed by atoms with van der Waals surface area (Å²) < 4.78 is 5.27. The molecule has 1 saturated heterocycles. The average molecular weight is 310 g/mol. The van der Waals surface area contributed by atoms with Crippen LogP contribution in [0.3, 0.4) is 0 Å². The number of ether oxygens (including phenoxy) is 1. The minimum atomic E-state index is -0.491. The second kappa shape index (κ2) is 7.04. The molecule has 6 heteroatoms. The molecule has 0 aliphatic carbocycles. The van der Waals surface area contributed by atoms with Crippen LogP contribution < -0.4 is 5.32 Å². The van der Waals surface area contributed by atoms with Gasteiger partial charge in [-0.05, 0) is 23.8 Å². The Morgan fingerprint density at radius 1 is 1.29 bits per heavy atom. The van der Waals surface area contributed by atoms with Crippen molar-refractivity contribution in [2.24, 2.45) is 5.92 Å². The van der Waals surface area contributed by atoms with Crippen molar-refractivity contribution in [1.82, 2.24) is 10.2 Å². The molecule has 1 atom stereocenters. The molecule has 116 valence electrons. The summed E-state index contributed by atoms with van der Waals surface area (Å²) >= 11 is 1.49. The lowest BCUT2D eigenvalue weighted by Crippen LogP contribution is -2.53. The lowest BCUT2D eigenvalue weighted by atomic mass is 10.0. The van der Waals surface area contributed by atoms with E-state index >= 15 is 0 Å². The SMILES string of the molecule is Cc1cscc1C(=O)N[C@H](C(=O)N1CCOCC1)C(C)C. The number of aryl methyl sites for hydroxylation is 1. The van der Waals surface area contributed by atoms with Crippen LogP contribution >= 0.6 is 11.3 Å². The van der Waals surface area contributed by atoms with Crippen molar-refractivity contribution in [3.8, 4) is 0 Å². The second-order valence-electron chi connectivity index (χ2n) is 5.60. The molecular formula is C15H22N2O3S. The van der Waals surface area contributed by atoms with E-state index in [4.69, 9.17) is 4.74 Å². The van der Waals surface area contributed by atoms with Crippen LogP contribution in [0.4, 0.5) is 0 Å². The van der Waals surface area contributed by atoms with Crippen LogP contribution in [0.2, 0.25) is 0 Å². The first kappa shape index (κ1) is 16.0. The maximum atomic E-state index is 12.6. The van der Waals surface area contributed by atoms with Crippen LogP contribution in [0.5, 0.6) is 0 Å². The lowest BCUT2D eigenvalue weighted by Gasteiger charge is -2.32. The highest BCUT2D eigenvalue weighted by Gasteiger charge is 2.30. The highest BCUT2D eigenvalue weighted by molar-refractivity contribution is 7.08. The van der Waals surface area contributed by atoms with Crippen molar-refractivity contribution in [1.29, 1.82) is 0 Å². The molecule has 2 rings (SSSR count). The van der Waals surface area contributed by atoms with E-state index in [0.717, 1.165) is 5.56 Å². The van der Waals surface area contributed by atoms with Crippen molar-refractivity contribution in [3.63, 3.8) is 0 Å². The predicted molar refractivity (Wildman–Crippen MR) is 82.5 cm³/mol. The predicted octanol–water partition coefficient (Wildman–Crippen LogP) is 1.67. The molecule has 0 bridgehead atoms. The Labute approximate surface area is 129 Å². The highest BCUT2D eigenvalue weighted by atomic mass is 32.1. The third kappa shape index (κ3) is 3.83. The average Bonchev–Trinajstić information content (AvgIpc) is 2.90. The Morgan fingerprint density at radius 3 is 2.48 bits per heavy atom. The first-order chi connectivity index (χ1) is 10.0. The molecule has 2 amide bonds. The summed E-state index contributed by atoms with van der Waals surface area (Å²) in [6.45, 7) is 8.11. The normalized spacial score (nSPS) is 16.9. The van der Waals surface area contributed by atoms with Gasteiger partial charge in [-0.1, -0.05) is 13.8 Å². The van der Waals surface area contributed by atoms with E-state index in [1.165, 1.54) is 11.3 Å². The second-order valence-corrected chi connectivity index (χ2v) is 6.34. The zero-order valence-corrected chi connectivity index (χ0v) is 13.5. The fourth-order valence-electron chi connectivity index (χ4n) is 2.31. The number of nitrogens with one attached hydrogen (secondary N) is 1. The van der Waals surface area contributed by atoms with E-state index in [0.29, 0.717) is 31.9 Å². The smallest absolute Gasteiger partial charge is 0.253 e. The third-order valence-corrected chi connectivity index (χ3v) is 4.50. The van der Waals surface area contributed by atoms with Gasteiger partial charge in [0.2, 0.25) is 5.91 Å². The van der Waals surface area contributed by atoms with E-state index in [9.17, 15) is 9.59 Å². The number of morpholine rings is 1. The van der Waals surface area contributed by atoms with Crippen LogP contribution in [0.1, 0.15) is 29.8 Å². The zero-order chi connectivity index (χ0) is 15.4. The van der Waals surface area contributed by atoms with Gasteiger partial charge in [-0.15, -0.1) is 0 Å². The summed E-state index contributed by atoms with van der Waals surface area (Å²) in [4.78, 5) is 26.7. The van der Waals surface area contributed by atoms with Crippen LogP contribution in [-0.4, -0.2) is 49.1 Å². The Bertz CT molecular complexity index is 507. The fourth-order valence-corrected chi connectivity index (χ4v) is 3.13. The Balaban J connectivity index is 2.06. The zero-order valence-electron chi connectivity index (χ0n) is 12.7. The van der Waals surface area contributed by atoms with E-state index in [2.05, 4.69) is 5.32 Å². The number of rotatable bonds is 4. The number of carbonyl (C=O) groups is 2. The van der Waals surface area contributed by atoms with Gasteiger partial charge in [0, 0.05) is 18.5 Å². The fraction of sp³-hybridized carbons (Fsp3) is 0.600. The van der Waals surface area contributed by atoms with Gasteiger partial charge in [0.05, 0.1) is 18.8 Å². The molecule has 1 aliphatic rings. The quantitative estimate of drug-likeness (QED) is 0.920. The molecule has 2 heterocycles. The number of hydrogen-bond acceptors (Lipinski definition) is 4. The number of carbonyl (C=O) groups excluding carboxylic acids is 2.